The Morgan fingerprint density at radius 1 is 1.57 bits per heavy atom. The van der Waals surface area contributed by atoms with E-state index in [1.54, 1.807) is 6.92 Å². The molecule has 2 rings (SSSR count). The lowest BCUT2D eigenvalue weighted by Crippen LogP contribution is -2.42. The minimum absolute atomic E-state index is 0.188. The van der Waals surface area contributed by atoms with Gasteiger partial charge >= 0.3 is 5.97 Å². The van der Waals surface area contributed by atoms with Gasteiger partial charge in [0, 0.05) is 13.1 Å². The average molecular weight is 309 g/mol. The fourth-order valence-corrected chi connectivity index (χ4v) is 3.42. The number of anilines is 2. The van der Waals surface area contributed by atoms with Crippen molar-refractivity contribution in [2.24, 2.45) is 0 Å². The molecule has 1 aromatic rings. The Balaban J connectivity index is 2.30. The molecule has 0 aliphatic carbocycles. The molecule has 0 bridgehead atoms. The van der Waals surface area contributed by atoms with Crippen LogP contribution in [0, 0.1) is 11.3 Å². The number of esters is 1. The van der Waals surface area contributed by atoms with Crippen molar-refractivity contribution in [1.82, 2.24) is 0 Å². The van der Waals surface area contributed by atoms with Crippen molar-refractivity contribution in [3.8, 4) is 6.07 Å². The minimum atomic E-state index is -0.671. The van der Waals surface area contributed by atoms with Gasteiger partial charge in [-0.05, 0) is 26.7 Å². The van der Waals surface area contributed by atoms with Gasteiger partial charge in [-0.25, -0.2) is 4.79 Å². The van der Waals surface area contributed by atoms with Crippen LogP contribution in [0.15, 0.2) is 0 Å². The molecule has 0 radical (unpaired) electrons. The lowest BCUT2D eigenvalue weighted by Gasteiger charge is -2.36. The molecule has 3 N–H and O–H groups in total. The number of ether oxygens (including phenoxy) is 1. The van der Waals surface area contributed by atoms with Crippen molar-refractivity contribution < 1.29 is 14.6 Å². The molecular weight excluding hydrogens is 290 g/mol. The Bertz CT molecular complexity index is 579. The molecule has 0 amide bonds. The van der Waals surface area contributed by atoms with Gasteiger partial charge in [0.25, 0.3) is 0 Å². The first-order chi connectivity index (χ1) is 9.89. The smallest absolute Gasteiger partial charge is 0.350 e. The zero-order valence-corrected chi connectivity index (χ0v) is 13.0. The maximum atomic E-state index is 11.9. The van der Waals surface area contributed by atoms with Crippen molar-refractivity contribution in [2.45, 2.75) is 32.3 Å². The molecule has 0 spiro atoms. The van der Waals surface area contributed by atoms with E-state index in [2.05, 4.69) is 6.07 Å². The van der Waals surface area contributed by atoms with Crippen LogP contribution < -0.4 is 10.6 Å². The summed E-state index contributed by atoms with van der Waals surface area (Å²) in [5.74, 6) is -0.494. The van der Waals surface area contributed by atoms with E-state index in [4.69, 9.17) is 10.5 Å². The maximum absolute atomic E-state index is 11.9. The van der Waals surface area contributed by atoms with Crippen LogP contribution in [0.5, 0.6) is 0 Å². The van der Waals surface area contributed by atoms with Crippen LogP contribution >= 0.6 is 11.3 Å². The fourth-order valence-electron chi connectivity index (χ4n) is 2.30. The topological polar surface area (TPSA) is 99.6 Å². The largest absolute Gasteiger partial charge is 0.462 e. The number of hydrogen-bond acceptors (Lipinski definition) is 7. The van der Waals surface area contributed by atoms with E-state index < -0.39 is 11.6 Å². The summed E-state index contributed by atoms with van der Waals surface area (Å²) in [5.41, 5.74) is 5.76. The molecule has 0 saturated carbocycles. The van der Waals surface area contributed by atoms with Gasteiger partial charge < -0.3 is 20.5 Å². The Morgan fingerprint density at radius 2 is 2.19 bits per heavy atom. The number of nitrogens with two attached hydrogens (primary N) is 1. The van der Waals surface area contributed by atoms with Gasteiger partial charge in [-0.2, -0.15) is 5.26 Å². The highest BCUT2D eigenvalue weighted by Gasteiger charge is 2.31. The normalized spacial score (nSPS) is 17.3. The summed E-state index contributed by atoms with van der Waals surface area (Å²) in [4.78, 5) is 14.2. The summed E-state index contributed by atoms with van der Waals surface area (Å²) >= 11 is 1.19. The number of nitriles is 1. The molecule has 0 aromatic carbocycles. The molecule has 7 heteroatoms. The Kier molecular flexibility index (Phi) is 4.40. The highest BCUT2D eigenvalue weighted by molar-refractivity contribution is 7.18. The average Bonchev–Trinajstić information content (AvgIpc) is 2.76. The van der Waals surface area contributed by atoms with Crippen LogP contribution in [-0.4, -0.2) is 36.4 Å². The predicted molar refractivity (Wildman–Crippen MR) is 81.5 cm³/mol. The molecule has 1 aromatic heterocycles. The third-order valence-electron chi connectivity index (χ3n) is 3.63. The number of carbonyl (C=O) groups excluding carboxylic acids is 1. The second kappa shape index (κ2) is 5.92. The zero-order chi connectivity index (χ0) is 15.6. The second-order valence-electron chi connectivity index (χ2n) is 5.34. The van der Waals surface area contributed by atoms with Crippen LogP contribution in [0.1, 0.15) is 41.9 Å². The lowest BCUT2D eigenvalue weighted by molar-refractivity contribution is 0.0352. The molecule has 1 saturated heterocycles. The molecule has 21 heavy (non-hydrogen) atoms. The van der Waals surface area contributed by atoms with Crippen molar-refractivity contribution >= 4 is 28.0 Å². The van der Waals surface area contributed by atoms with Crippen molar-refractivity contribution in [1.29, 1.82) is 5.26 Å². The number of carbonyl (C=O) groups is 1. The number of thiophene rings is 1. The molecular formula is C14H19N3O3S. The predicted octanol–water partition coefficient (Wildman–Crippen LogP) is 1.73. The summed E-state index contributed by atoms with van der Waals surface area (Å²) in [7, 11) is 0. The van der Waals surface area contributed by atoms with Crippen LogP contribution in [0.25, 0.3) is 0 Å². The number of aliphatic hydroxyl groups is 1. The Morgan fingerprint density at radius 3 is 2.71 bits per heavy atom. The maximum Gasteiger partial charge on any atom is 0.350 e. The van der Waals surface area contributed by atoms with Gasteiger partial charge in [-0.3, -0.25) is 0 Å². The highest BCUT2D eigenvalue weighted by atomic mass is 32.1. The Labute approximate surface area is 127 Å². The summed E-state index contributed by atoms with van der Waals surface area (Å²) in [5, 5.41) is 20.0. The molecule has 0 unspecified atom stereocenters. The van der Waals surface area contributed by atoms with E-state index >= 15 is 0 Å². The number of nitrogens with zero attached hydrogens (tertiary/aromatic N) is 2. The van der Waals surface area contributed by atoms with E-state index in [0.717, 1.165) is 0 Å². The monoisotopic (exact) mass is 309 g/mol. The molecule has 1 aliphatic heterocycles. The van der Waals surface area contributed by atoms with Crippen LogP contribution in [0.3, 0.4) is 0 Å². The second-order valence-corrected chi connectivity index (χ2v) is 6.34. The molecule has 0 atom stereocenters. The summed E-state index contributed by atoms with van der Waals surface area (Å²) in [6.45, 7) is 5.05. The van der Waals surface area contributed by atoms with E-state index in [0.29, 0.717) is 36.5 Å². The molecule has 114 valence electrons. The van der Waals surface area contributed by atoms with Gasteiger partial charge in [0.1, 0.15) is 21.5 Å². The SMILES string of the molecule is CCOC(=O)c1sc(N2CCC(C)(O)CC2)c(C#N)c1N. The molecule has 6 nitrogen and oxygen atoms in total. The van der Waals surface area contributed by atoms with E-state index in [1.807, 2.05) is 11.8 Å². The minimum Gasteiger partial charge on any atom is -0.462 e. The van der Waals surface area contributed by atoms with Crippen molar-refractivity contribution in [3.63, 3.8) is 0 Å². The first-order valence-corrected chi connectivity index (χ1v) is 7.68. The number of hydrogen-bond donors (Lipinski definition) is 2. The first kappa shape index (κ1) is 15.6. The molecule has 1 fully saturated rings. The molecule has 1 aliphatic rings. The summed E-state index contributed by atoms with van der Waals surface area (Å²) < 4.78 is 4.97. The van der Waals surface area contributed by atoms with Crippen molar-refractivity contribution in [2.75, 3.05) is 30.3 Å². The number of piperidine rings is 1. The lowest BCUT2D eigenvalue weighted by atomic mass is 9.94. The van der Waals surface area contributed by atoms with Gasteiger partial charge in [0.2, 0.25) is 0 Å². The van der Waals surface area contributed by atoms with Crippen LogP contribution in [0.2, 0.25) is 0 Å². The fraction of sp³-hybridized carbons (Fsp3) is 0.571. The van der Waals surface area contributed by atoms with Crippen LogP contribution in [-0.2, 0) is 4.74 Å². The van der Waals surface area contributed by atoms with E-state index in [1.165, 1.54) is 11.3 Å². The van der Waals surface area contributed by atoms with E-state index in [-0.39, 0.29) is 17.2 Å². The summed E-state index contributed by atoms with van der Waals surface area (Å²) in [6, 6.07) is 2.07. The van der Waals surface area contributed by atoms with Gasteiger partial charge in [-0.1, -0.05) is 0 Å². The first-order valence-electron chi connectivity index (χ1n) is 6.86. The van der Waals surface area contributed by atoms with Gasteiger partial charge in [-0.15, -0.1) is 11.3 Å². The van der Waals surface area contributed by atoms with E-state index in [9.17, 15) is 15.2 Å². The highest BCUT2D eigenvalue weighted by Crippen LogP contribution is 2.40. The van der Waals surface area contributed by atoms with Crippen LogP contribution in [0.4, 0.5) is 10.7 Å². The number of rotatable bonds is 3. The zero-order valence-electron chi connectivity index (χ0n) is 12.2. The van der Waals surface area contributed by atoms with Crippen molar-refractivity contribution in [3.05, 3.63) is 10.4 Å². The Hall–Kier alpha value is -1.78. The quantitative estimate of drug-likeness (QED) is 0.825. The van der Waals surface area contributed by atoms with Gasteiger partial charge in [0.15, 0.2) is 0 Å². The summed E-state index contributed by atoms with van der Waals surface area (Å²) in [6.07, 6.45) is 1.23. The third kappa shape index (κ3) is 3.12. The third-order valence-corrected chi connectivity index (χ3v) is 4.87. The standard InChI is InChI=1S/C14H19N3O3S/c1-3-20-13(18)11-10(16)9(8-15)12(21-11)17-6-4-14(2,19)5-7-17/h19H,3-7,16H2,1-2H3. The van der Waals surface area contributed by atoms with Gasteiger partial charge in [0.05, 0.1) is 17.9 Å². The molecule has 2 heterocycles. The number of nitrogen functional groups attached to an aromatic ring is 1.